The number of aldehydes is 1. The Morgan fingerprint density at radius 3 is 2.00 bits per heavy atom. The summed E-state index contributed by atoms with van der Waals surface area (Å²) in [6.45, 7) is 4.28. The molecule has 2 rings (SSSR count). The van der Waals surface area contributed by atoms with Crippen LogP contribution in [-0.2, 0) is 6.42 Å². The van der Waals surface area contributed by atoms with Gasteiger partial charge in [-0.3, -0.25) is 4.79 Å². The summed E-state index contributed by atoms with van der Waals surface area (Å²) in [6, 6.07) is 15.6. The van der Waals surface area contributed by atoms with Crippen LogP contribution in [0.5, 0.6) is 5.75 Å². The fourth-order valence-corrected chi connectivity index (χ4v) is 1.51. The molecule has 0 heterocycles. The van der Waals surface area contributed by atoms with E-state index in [-0.39, 0.29) is 0 Å². The highest BCUT2D eigenvalue weighted by Crippen LogP contribution is 2.09. The number of aryl methyl sites for hydroxylation is 2. The Balaban J connectivity index is 0.000000191. The molecule has 0 atom stereocenters. The van der Waals surface area contributed by atoms with Crippen LogP contribution < -0.4 is 4.74 Å². The predicted octanol–water partition coefficient (Wildman–Crippen LogP) is 4.07. The third-order valence-electron chi connectivity index (χ3n) is 2.78. The summed E-state index contributed by atoms with van der Waals surface area (Å²) in [5.74, 6) is 0.769. The summed E-state index contributed by atoms with van der Waals surface area (Å²) in [5, 5.41) is 0. The average Bonchev–Trinajstić information content (AvgIpc) is 2.49. The molecule has 0 saturated heterocycles. The zero-order valence-corrected chi connectivity index (χ0v) is 11.7. The molecule has 0 amide bonds. The van der Waals surface area contributed by atoms with Gasteiger partial charge in [0, 0.05) is 5.56 Å². The molecule has 0 N–H and O–H groups in total. The highest BCUT2D eigenvalue weighted by Gasteiger charge is 1.89. The quantitative estimate of drug-likeness (QED) is 0.774. The van der Waals surface area contributed by atoms with E-state index in [0.29, 0.717) is 5.56 Å². The summed E-state index contributed by atoms with van der Waals surface area (Å²) in [4.78, 5) is 10.2. The number of methoxy groups -OCH3 is 1. The minimum Gasteiger partial charge on any atom is -0.497 e. The van der Waals surface area contributed by atoms with E-state index >= 15 is 0 Å². The van der Waals surface area contributed by atoms with Gasteiger partial charge in [0.25, 0.3) is 0 Å². The van der Waals surface area contributed by atoms with Crippen molar-refractivity contribution in [3.8, 4) is 5.75 Å². The molecule has 0 aromatic heterocycles. The van der Waals surface area contributed by atoms with Crippen LogP contribution in [0.15, 0.2) is 48.5 Å². The van der Waals surface area contributed by atoms with E-state index in [1.165, 1.54) is 11.1 Å². The van der Waals surface area contributed by atoms with Crippen molar-refractivity contribution in [3.63, 3.8) is 0 Å². The van der Waals surface area contributed by atoms with Gasteiger partial charge in [0.2, 0.25) is 0 Å². The Bertz CT molecular complexity index is 484. The smallest absolute Gasteiger partial charge is 0.150 e. The van der Waals surface area contributed by atoms with Gasteiger partial charge in [0.15, 0.2) is 0 Å². The number of rotatable bonds is 3. The summed E-state index contributed by atoms with van der Waals surface area (Å²) in [6.07, 6.45) is 1.94. The first-order valence-electron chi connectivity index (χ1n) is 6.34. The molecule has 2 aromatic rings. The first-order valence-corrected chi connectivity index (χ1v) is 6.34. The van der Waals surface area contributed by atoms with E-state index < -0.39 is 0 Å². The van der Waals surface area contributed by atoms with Crippen LogP contribution in [0.3, 0.4) is 0 Å². The number of carbonyl (C=O) groups is 1. The molecule has 0 radical (unpaired) electrons. The molecule has 0 unspecified atom stereocenters. The molecule has 0 saturated carbocycles. The molecule has 0 aliphatic rings. The van der Waals surface area contributed by atoms with Crippen molar-refractivity contribution in [2.75, 3.05) is 7.11 Å². The monoisotopic (exact) mass is 256 g/mol. The third kappa shape index (κ3) is 5.38. The van der Waals surface area contributed by atoms with Crippen molar-refractivity contribution in [2.45, 2.75) is 20.3 Å². The molecule has 2 heteroatoms. The lowest BCUT2D eigenvalue weighted by atomic mass is 10.1. The summed E-state index contributed by atoms with van der Waals surface area (Å²) in [5.41, 5.74) is 3.42. The second kappa shape index (κ2) is 8.09. The van der Waals surface area contributed by atoms with Crippen LogP contribution in [0.4, 0.5) is 0 Å². The normalized spacial score (nSPS) is 9.21. The van der Waals surface area contributed by atoms with E-state index in [2.05, 4.69) is 38.1 Å². The molecule has 0 spiro atoms. The SMILES string of the molecule is CCc1ccc(C)cc1.COc1ccc(C=O)cc1. The number of hydrogen-bond acceptors (Lipinski definition) is 2. The van der Waals surface area contributed by atoms with Gasteiger partial charge in [0.05, 0.1) is 7.11 Å². The maximum Gasteiger partial charge on any atom is 0.150 e. The van der Waals surface area contributed by atoms with Crippen molar-refractivity contribution >= 4 is 6.29 Å². The zero-order chi connectivity index (χ0) is 14.1. The van der Waals surface area contributed by atoms with Crippen molar-refractivity contribution in [2.24, 2.45) is 0 Å². The Morgan fingerprint density at radius 2 is 1.58 bits per heavy atom. The average molecular weight is 256 g/mol. The number of hydrogen-bond donors (Lipinski definition) is 0. The van der Waals surface area contributed by atoms with Gasteiger partial charge in [-0.05, 0) is 43.2 Å². The molecule has 2 nitrogen and oxygen atoms in total. The van der Waals surface area contributed by atoms with Crippen LogP contribution in [0.2, 0.25) is 0 Å². The lowest BCUT2D eigenvalue weighted by molar-refractivity contribution is 0.112. The lowest BCUT2D eigenvalue weighted by Crippen LogP contribution is -1.82. The Hall–Kier alpha value is -2.09. The number of ether oxygens (including phenoxy) is 1. The first kappa shape index (κ1) is 15.0. The largest absolute Gasteiger partial charge is 0.497 e. The third-order valence-corrected chi connectivity index (χ3v) is 2.78. The van der Waals surface area contributed by atoms with E-state index in [1.54, 1.807) is 31.4 Å². The minimum atomic E-state index is 0.667. The van der Waals surface area contributed by atoms with Gasteiger partial charge in [-0.1, -0.05) is 36.8 Å². The van der Waals surface area contributed by atoms with E-state index in [1.807, 2.05) is 0 Å². The van der Waals surface area contributed by atoms with Crippen molar-refractivity contribution in [1.29, 1.82) is 0 Å². The topological polar surface area (TPSA) is 26.3 Å². The van der Waals surface area contributed by atoms with Gasteiger partial charge in [-0.2, -0.15) is 0 Å². The Morgan fingerprint density at radius 1 is 1.00 bits per heavy atom. The second-order valence-corrected chi connectivity index (χ2v) is 4.23. The second-order valence-electron chi connectivity index (χ2n) is 4.23. The van der Waals surface area contributed by atoms with Crippen LogP contribution >= 0.6 is 0 Å². The van der Waals surface area contributed by atoms with Crippen LogP contribution in [0, 0.1) is 6.92 Å². The van der Waals surface area contributed by atoms with Gasteiger partial charge < -0.3 is 4.74 Å². The molecule has 0 fully saturated rings. The van der Waals surface area contributed by atoms with Crippen LogP contribution in [0.25, 0.3) is 0 Å². The maximum atomic E-state index is 10.2. The Kier molecular flexibility index (Phi) is 6.37. The van der Waals surface area contributed by atoms with E-state index in [0.717, 1.165) is 18.5 Å². The van der Waals surface area contributed by atoms with Crippen molar-refractivity contribution in [3.05, 3.63) is 65.2 Å². The van der Waals surface area contributed by atoms with Crippen LogP contribution in [0.1, 0.15) is 28.4 Å². The van der Waals surface area contributed by atoms with Crippen LogP contribution in [-0.4, -0.2) is 13.4 Å². The fraction of sp³-hybridized carbons (Fsp3) is 0.235. The predicted molar refractivity (Wildman–Crippen MR) is 78.9 cm³/mol. The van der Waals surface area contributed by atoms with Gasteiger partial charge >= 0.3 is 0 Å². The molecule has 2 aromatic carbocycles. The minimum absolute atomic E-state index is 0.667. The maximum absolute atomic E-state index is 10.2. The number of carbonyl (C=O) groups excluding carboxylic acids is 1. The molecular weight excluding hydrogens is 236 g/mol. The fourth-order valence-electron chi connectivity index (χ4n) is 1.51. The highest BCUT2D eigenvalue weighted by molar-refractivity contribution is 5.74. The Labute approximate surface area is 115 Å². The summed E-state index contributed by atoms with van der Waals surface area (Å²) < 4.78 is 4.90. The summed E-state index contributed by atoms with van der Waals surface area (Å²) >= 11 is 0. The summed E-state index contributed by atoms with van der Waals surface area (Å²) in [7, 11) is 1.59. The number of benzene rings is 2. The molecule has 19 heavy (non-hydrogen) atoms. The van der Waals surface area contributed by atoms with E-state index in [9.17, 15) is 4.79 Å². The first-order chi connectivity index (χ1) is 9.19. The molecule has 0 aliphatic carbocycles. The highest BCUT2D eigenvalue weighted by atomic mass is 16.5. The zero-order valence-electron chi connectivity index (χ0n) is 11.7. The van der Waals surface area contributed by atoms with E-state index in [4.69, 9.17) is 4.74 Å². The van der Waals surface area contributed by atoms with Crippen molar-refractivity contribution < 1.29 is 9.53 Å². The molecular formula is C17H20O2. The van der Waals surface area contributed by atoms with Gasteiger partial charge in [-0.25, -0.2) is 0 Å². The lowest BCUT2D eigenvalue weighted by Gasteiger charge is -1.96. The molecule has 0 bridgehead atoms. The van der Waals surface area contributed by atoms with Crippen molar-refractivity contribution in [1.82, 2.24) is 0 Å². The van der Waals surface area contributed by atoms with Gasteiger partial charge in [-0.15, -0.1) is 0 Å². The van der Waals surface area contributed by atoms with Gasteiger partial charge in [0.1, 0.15) is 12.0 Å². The molecule has 100 valence electrons. The molecule has 0 aliphatic heterocycles. The standard InChI is InChI=1S/C9H12.C8H8O2/c1-3-9-6-4-8(2)5-7-9;1-10-8-4-2-7(6-9)3-5-8/h4-7H,3H2,1-2H3;2-6H,1H3.